The van der Waals surface area contributed by atoms with Crippen molar-refractivity contribution in [2.75, 3.05) is 11.9 Å². The van der Waals surface area contributed by atoms with E-state index in [0.717, 1.165) is 0 Å². The van der Waals surface area contributed by atoms with Gasteiger partial charge in [-0.3, -0.25) is 14.9 Å². The van der Waals surface area contributed by atoms with Gasteiger partial charge in [0.2, 0.25) is 5.91 Å². The van der Waals surface area contributed by atoms with Crippen molar-refractivity contribution in [3.8, 4) is 0 Å². The summed E-state index contributed by atoms with van der Waals surface area (Å²) < 4.78 is 0. The van der Waals surface area contributed by atoms with E-state index < -0.39 is 10.3 Å². The van der Waals surface area contributed by atoms with E-state index in [1.807, 2.05) is 0 Å². The number of halogens is 1. The van der Waals surface area contributed by atoms with Crippen molar-refractivity contribution in [2.24, 2.45) is 11.1 Å². The number of anilines is 1. The highest BCUT2D eigenvalue weighted by Gasteiger charge is 2.26. The first-order chi connectivity index (χ1) is 8.27. The van der Waals surface area contributed by atoms with Gasteiger partial charge in [-0.05, 0) is 26.8 Å². The smallest absolute Gasteiger partial charge is 0.274 e. The van der Waals surface area contributed by atoms with Gasteiger partial charge >= 0.3 is 0 Å². The van der Waals surface area contributed by atoms with Crippen LogP contribution in [0, 0.1) is 22.5 Å². The molecule has 7 heteroatoms. The second-order valence-electron chi connectivity index (χ2n) is 4.80. The average Bonchev–Trinajstić information content (AvgIpc) is 2.31. The Morgan fingerprint density at radius 1 is 1.47 bits per heavy atom. The molecule has 1 amide bonds. The third kappa shape index (κ3) is 4.18. The van der Waals surface area contributed by atoms with Crippen molar-refractivity contribution in [1.82, 2.24) is 0 Å². The number of carbonyl (C=O) groups is 1. The lowest BCUT2D eigenvalue weighted by Crippen LogP contribution is -2.37. The van der Waals surface area contributed by atoms with Crippen molar-refractivity contribution in [3.05, 3.63) is 33.9 Å². The molecule has 0 saturated carbocycles. The summed E-state index contributed by atoms with van der Waals surface area (Å²) in [5, 5.41) is 13.4. The fraction of sp³-hybridized carbons (Fsp3) is 0.417. The highest BCUT2D eigenvalue weighted by Crippen LogP contribution is 2.24. The minimum atomic E-state index is -0.709. The molecule has 0 saturated heterocycles. The molecule has 0 heterocycles. The number of nitrogens with zero attached hydrogens (tertiary/aromatic N) is 1. The van der Waals surface area contributed by atoms with E-state index in [2.05, 4.69) is 5.32 Å². The van der Waals surface area contributed by atoms with Crippen LogP contribution in [-0.2, 0) is 4.79 Å². The molecular weight excluding hydrogens is 270 g/mol. The number of amides is 1. The molecule has 0 aliphatic carbocycles. The van der Waals surface area contributed by atoms with Gasteiger partial charge in [-0.2, -0.15) is 0 Å². The van der Waals surface area contributed by atoms with Crippen molar-refractivity contribution in [1.29, 1.82) is 0 Å². The van der Waals surface area contributed by atoms with Crippen molar-refractivity contribution in [3.63, 3.8) is 0 Å². The number of rotatable bonds is 4. The largest absolute Gasteiger partial charge is 0.329 e. The molecule has 0 aliphatic rings. The molecule has 0 atom stereocenters. The molecule has 106 valence electrons. The van der Waals surface area contributed by atoms with Crippen LogP contribution in [0.1, 0.15) is 19.4 Å². The van der Waals surface area contributed by atoms with E-state index in [1.54, 1.807) is 32.9 Å². The number of hydrogen-bond donors (Lipinski definition) is 2. The van der Waals surface area contributed by atoms with Crippen LogP contribution in [-0.4, -0.2) is 17.4 Å². The number of carbonyl (C=O) groups excluding carboxylic acids is 1. The van der Waals surface area contributed by atoms with Gasteiger partial charge in [-0.25, -0.2) is 0 Å². The zero-order valence-electron chi connectivity index (χ0n) is 11.1. The molecule has 19 heavy (non-hydrogen) atoms. The van der Waals surface area contributed by atoms with E-state index in [4.69, 9.17) is 5.73 Å². The Kier molecular flexibility index (Phi) is 5.92. The number of nitro groups is 1. The maximum Gasteiger partial charge on any atom is 0.274 e. The van der Waals surface area contributed by atoms with E-state index >= 15 is 0 Å². The summed E-state index contributed by atoms with van der Waals surface area (Å²) in [4.78, 5) is 22.2. The zero-order valence-corrected chi connectivity index (χ0v) is 11.9. The van der Waals surface area contributed by atoms with E-state index in [1.165, 1.54) is 6.07 Å². The number of aryl methyl sites for hydroxylation is 1. The van der Waals surface area contributed by atoms with Gasteiger partial charge in [0.1, 0.15) is 0 Å². The first-order valence-electron chi connectivity index (χ1n) is 5.54. The maximum absolute atomic E-state index is 11.9. The first kappa shape index (κ1) is 17.3. The third-order valence-electron chi connectivity index (χ3n) is 2.79. The summed E-state index contributed by atoms with van der Waals surface area (Å²) in [6.45, 7) is 5.27. The van der Waals surface area contributed by atoms with Gasteiger partial charge < -0.3 is 11.1 Å². The Morgan fingerprint density at radius 3 is 2.53 bits per heavy atom. The molecule has 0 radical (unpaired) electrons. The van der Waals surface area contributed by atoms with Crippen LogP contribution >= 0.6 is 12.4 Å². The minimum absolute atomic E-state index is 0. The molecule has 0 unspecified atom stereocenters. The molecule has 1 aromatic carbocycles. The van der Waals surface area contributed by atoms with Crippen LogP contribution < -0.4 is 11.1 Å². The number of benzene rings is 1. The van der Waals surface area contributed by atoms with Crippen LogP contribution in [0.2, 0.25) is 0 Å². The first-order valence-corrected chi connectivity index (χ1v) is 5.54. The highest BCUT2D eigenvalue weighted by atomic mass is 35.5. The second-order valence-corrected chi connectivity index (χ2v) is 4.80. The molecule has 0 aliphatic heterocycles. The number of nitrogens with one attached hydrogen (secondary N) is 1. The van der Waals surface area contributed by atoms with Crippen LogP contribution in [0.3, 0.4) is 0 Å². The number of hydrogen-bond acceptors (Lipinski definition) is 4. The van der Waals surface area contributed by atoms with E-state index in [0.29, 0.717) is 11.3 Å². The minimum Gasteiger partial charge on any atom is -0.329 e. The Bertz CT molecular complexity index is 489. The second kappa shape index (κ2) is 6.49. The topological polar surface area (TPSA) is 98.3 Å². The lowest BCUT2D eigenvalue weighted by Gasteiger charge is -2.21. The average molecular weight is 288 g/mol. The summed E-state index contributed by atoms with van der Waals surface area (Å²) in [5.41, 5.74) is 5.72. The lowest BCUT2D eigenvalue weighted by atomic mass is 9.92. The Hall–Kier alpha value is -1.66. The molecule has 3 N–H and O–H groups in total. The standard InChI is InChI=1S/C12H17N3O3.ClH/c1-8-4-5-9(6-10(8)15(17)18)14-11(16)12(2,3)7-13;/h4-6H,7,13H2,1-3H3,(H,14,16);1H. The van der Waals surface area contributed by atoms with E-state index in [9.17, 15) is 14.9 Å². The van der Waals surface area contributed by atoms with Gasteiger partial charge in [-0.1, -0.05) is 6.07 Å². The van der Waals surface area contributed by atoms with Crippen molar-refractivity contribution in [2.45, 2.75) is 20.8 Å². The highest BCUT2D eigenvalue weighted by molar-refractivity contribution is 5.95. The fourth-order valence-corrected chi connectivity index (χ4v) is 1.28. The van der Waals surface area contributed by atoms with Crippen LogP contribution in [0.25, 0.3) is 0 Å². The predicted molar refractivity (Wildman–Crippen MR) is 76.5 cm³/mol. The van der Waals surface area contributed by atoms with Gasteiger partial charge in [-0.15, -0.1) is 12.4 Å². The van der Waals surface area contributed by atoms with E-state index in [-0.39, 0.29) is 30.5 Å². The molecule has 0 aromatic heterocycles. The molecule has 0 spiro atoms. The lowest BCUT2D eigenvalue weighted by molar-refractivity contribution is -0.385. The van der Waals surface area contributed by atoms with Gasteiger partial charge in [0.05, 0.1) is 10.3 Å². The summed E-state index contributed by atoms with van der Waals surface area (Å²) >= 11 is 0. The quantitative estimate of drug-likeness (QED) is 0.655. The molecule has 1 rings (SSSR count). The Balaban J connectivity index is 0.00000324. The van der Waals surface area contributed by atoms with Crippen LogP contribution in [0.15, 0.2) is 18.2 Å². The molecular formula is C12H18ClN3O3. The van der Waals surface area contributed by atoms with Gasteiger partial charge in [0, 0.05) is 23.9 Å². The third-order valence-corrected chi connectivity index (χ3v) is 2.79. The maximum atomic E-state index is 11.9. The van der Waals surface area contributed by atoms with Crippen molar-refractivity contribution < 1.29 is 9.72 Å². The van der Waals surface area contributed by atoms with Crippen LogP contribution in [0.4, 0.5) is 11.4 Å². The molecule has 0 bridgehead atoms. The Morgan fingerprint density at radius 2 is 2.05 bits per heavy atom. The number of nitro benzene ring substituents is 1. The SMILES string of the molecule is Cc1ccc(NC(=O)C(C)(C)CN)cc1[N+](=O)[O-].Cl. The normalized spacial score (nSPS) is 10.5. The monoisotopic (exact) mass is 287 g/mol. The molecule has 6 nitrogen and oxygen atoms in total. The number of nitrogens with two attached hydrogens (primary N) is 1. The van der Waals surface area contributed by atoms with Gasteiger partial charge in [0.15, 0.2) is 0 Å². The predicted octanol–water partition coefficient (Wildman–Crippen LogP) is 2.25. The van der Waals surface area contributed by atoms with Gasteiger partial charge in [0.25, 0.3) is 5.69 Å². The summed E-state index contributed by atoms with van der Waals surface area (Å²) in [6, 6.07) is 4.58. The van der Waals surface area contributed by atoms with Crippen molar-refractivity contribution >= 4 is 29.7 Å². The summed E-state index contributed by atoms with van der Waals surface area (Å²) in [5.74, 6) is -0.261. The Labute approximate surface area is 117 Å². The van der Waals surface area contributed by atoms with Crippen LogP contribution in [0.5, 0.6) is 0 Å². The summed E-state index contributed by atoms with van der Waals surface area (Å²) in [6.07, 6.45) is 0. The fourth-order valence-electron chi connectivity index (χ4n) is 1.28. The molecule has 0 fully saturated rings. The molecule has 1 aromatic rings. The summed E-state index contributed by atoms with van der Waals surface area (Å²) in [7, 11) is 0. The zero-order chi connectivity index (χ0) is 13.9.